The molecule has 0 saturated heterocycles. The molecule has 0 heterocycles. The van der Waals surface area contributed by atoms with Crippen molar-refractivity contribution in [3.05, 3.63) is 24.3 Å². The molecular formula is C64H120O17P2. The highest BCUT2D eigenvalue weighted by Gasteiger charge is 2.30. The van der Waals surface area contributed by atoms with Gasteiger partial charge in [-0.3, -0.25) is 37.3 Å². The van der Waals surface area contributed by atoms with E-state index in [-0.39, 0.29) is 25.7 Å². The third kappa shape index (κ3) is 57.1. The lowest BCUT2D eigenvalue weighted by Crippen LogP contribution is -2.30. The summed E-state index contributed by atoms with van der Waals surface area (Å²) in [5.41, 5.74) is 0. The molecule has 0 aliphatic carbocycles. The van der Waals surface area contributed by atoms with Crippen LogP contribution in [0.4, 0.5) is 0 Å². The monoisotopic (exact) mass is 1220 g/mol. The summed E-state index contributed by atoms with van der Waals surface area (Å²) in [4.78, 5) is 72.0. The van der Waals surface area contributed by atoms with Crippen LogP contribution in [0.5, 0.6) is 0 Å². The highest BCUT2D eigenvalue weighted by atomic mass is 31.2. The zero-order valence-electron chi connectivity index (χ0n) is 53.0. The Morgan fingerprint density at radius 2 is 0.711 bits per heavy atom. The van der Waals surface area contributed by atoms with Gasteiger partial charge in [0.25, 0.3) is 0 Å². The van der Waals surface area contributed by atoms with E-state index in [0.29, 0.717) is 25.7 Å². The van der Waals surface area contributed by atoms with Crippen LogP contribution in [0.2, 0.25) is 0 Å². The number of rotatable bonds is 61. The van der Waals surface area contributed by atoms with Crippen molar-refractivity contribution in [3.8, 4) is 0 Å². The Morgan fingerprint density at radius 3 is 1.08 bits per heavy atom. The van der Waals surface area contributed by atoms with E-state index >= 15 is 0 Å². The van der Waals surface area contributed by atoms with Gasteiger partial charge in [0, 0.05) is 25.7 Å². The predicted octanol–water partition coefficient (Wildman–Crippen LogP) is 17.2. The minimum absolute atomic E-state index is 0.0841. The van der Waals surface area contributed by atoms with Crippen molar-refractivity contribution in [2.75, 3.05) is 39.6 Å². The maximum Gasteiger partial charge on any atom is 0.472 e. The molecule has 3 N–H and O–H groups in total. The van der Waals surface area contributed by atoms with Crippen LogP contribution in [0.25, 0.3) is 0 Å². The van der Waals surface area contributed by atoms with Crippen LogP contribution in [0.15, 0.2) is 24.3 Å². The van der Waals surface area contributed by atoms with E-state index in [0.717, 1.165) is 121 Å². The number of unbranched alkanes of at least 4 members (excludes halogenated alkanes) is 27. The molecule has 6 atom stereocenters. The number of aliphatic hydroxyl groups is 1. The molecule has 17 nitrogen and oxygen atoms in total. The van der Waals surface area contributed by atoms with E-state index in [1.807, 2.05) is 0 Å². The molecule has 0 aliphatic rings. The zero-order valence-corrected chi connectivity index (χ0v) is 54.8. The van der Waals surface area contributed by atoms with E-state index < -0.39 is 97.5 Å². The van der Waals surface area contributed by atoms with Crippen LogP contribution in [0, 0.1) is 11.8 Å². The maximum atomic E-state index is 13.0. The topological polar surface area (TPSA) is 237 Å². The van der Waals surface area contributed by atoms with Crippen molar-refractivity contribution in [1.82, 2.24) is 0 Å². The molecule has 0 aromatic rings. The molecule has 0 spiro atoms. The average Bonchev–Trinajstić information content (AvgIpc) is 3.45. The fourth-order valence-corrected chi connectivity index (χ4v) is 10.5. The number of carbonyl (C=O) groups excluding carboxylic acids is 4. The largest absolute Gasteiger partial charge is 0.472 e. The minimum Gasteiger partial charge on any atom is -0.462 e. The van der Waals surface area contributed by atoms with Crippen LogP contribution in [0.3, 0.4) is 0 Å². The number of allylic oxidation sites excluding steroid dienone is 4. The van der Waals surface area contributed by atoms with Crippen LogP contribution in [-0.4, -0.2) is 96.7 Å². The number of ether oxygens (including phenoxy) is 4. The molecule has 0 amide bonds. The lowest BCUT2D eigenvalue weighted by molar-refractivity contribution is -0.161. The van der Waals surface area contributed by atoms with Gasteiger partial charge in [0.15, 0.2) is 12.2 Å². The fourth-order valence-electron chi connectivity index (χ4n) is 8.96. The second kappa shape index (κ2) is 56.1. The molecule has 83 heavy (non-hydrogen) atoms. The average molecular weight is 1220 g/mol. The number of hydrogen-bond acceptors (Lipinski definition) is 15. The number of phosphoric acid groups is 2. The predicted molar refractivity (Wildman–Crippen MR) is 331 cm³/mol. The Morgan fingerprint density at radius 1 is 0.398 bits per heavy atom. The van der Waals surface area contributed by atoms with Crippen molar-refractivity contribution in [2.24, 2.45) is 11.8 Å². The lowest BCUT2D eigenvalue weighted by atomic mass is 9.99. The summed E-state index contributed by atoms with van der Waals surface area (Å²) < 4.78 is 67.8. The van der Waals surface area contributed by atoms with Gasteiger partial charge in [-0.1, -0.05) is 239 Å². The molecule has 19 heteroatoms. The third-order valence-electron chi connectivity index (χ3n) is 14.4. The first-order chi connectivity index (χ1) is 39.9. The molecule has 0 rings (SSSR count). The number of phosphoric ester groups is 2. The number of carbonyl (C=O) groups is 4. The Balaban J connectivity index is 5.23. The molecule has 0 bridgehead atoms. The van der Waals surface area contributed by atoms with E-state index in [1.54, 1.807) is 0 Å². The summed E-state index contributed by atoms with van der Waals surface area (Å²) >= 11 is 0. The molecule has 3 unspecified atom stereocenters. The minimum atomic E-state index is -4.95. The maximum absolute atomic E-state index is 13.0. The first-order valence-corrected chi connectivity index (χ1v) is 35.8. The summed E-state index contributed by atoms with van der Waals surface area (Å²) in [6.45, 7) is 9.29. The Labute approximate surface area is 503 Å². The summed E-state index contributed by atoms with van der Waals surface area (Å²) in [6.07, 6.45) is 41.5. The van der Waals surface area contributed by atoms with E-state index in [4.69, 9.17) is 37.0 Å². The summed E-state index contributed by atoms with van der Waals surface area (Å²) in [5.74, 6) is -0.685. The summed E-state index contributed by atoms with van der Waals surface area (Å²) in [5, 5.41) is 10.5. The number of aliphatic hydroxyl groups excluding tert-OH is 1. The third-order valence-corrected chi connectivity index (χ3v) is 16.3. The molecular weight excluding hydrogens is 1100 g/mol. The van der Waals surface area contributed by atoms with Crippen molar-refractivity contribution in [1.29, 1.82) is 0 Å². The Bertz CT molecular complexity index is 1730. The Kier molecular flexibility index (Phi) is 54.4. The highest BCUT2D eigenvalue weighted by molar-refractivity contribution is 7.47. The second-order valence-electron chi connectivity index (χ2n) is 23.2. The Hall–Kier alpha value is -2.46. The highest BCUT2D eigenvalue weighted by Crippen LogP contribution is 2.45. The van der Waals surface area contributed by atoms with Gasteiger partial charge >= 0.3 is 39.5 Å². The van der Waals surface area contributed by atoms with Gasteiger partial charge in [-0.15, -0.1) is 0 Å². The van der Waals surface area contributed by atoms with Crippen molar-refractivity contribution in [3.63, 3.8) is 0 Å². The summed E-state index contributed by atoms with van der Waals surface area (Å²) in [7, 11) is -9.89. The first kappa shape index (κ1) is 80.5. The quantitative estimate of drug-likeness (QED) is 0.0169. The van der Waals surface area contributed by atoms with E-state index in [9.17, 15) is 43.2 Å². The number of hydrogen-bond donors (Lipinski definition) is 3. The van der Waals surface area contributed by atoms with E-state index in [1.165, 1.54) is 89.9 Å². The van der Waals surface area contributed by atoms with Gasteiger partial charge in [0.1, 0.15) is 19.3 Å². The second-order valence-corrected chi connectivity index (χ2v) is 26.1. The molecule has 0 aromatic heterocycles. The van der Waals surface area contributed by atoms with E-state index in [2.05, 4.69) is 65.8 Å². The van der Waals surface area contributed by atoms with Crippen molar-refractivity contribution >= 4 is 39.5 Å². The summed E-state index contributed by atoms with van der Waals surface area (Å²) in [6, 6.07) is 0. The van der Waals surface area contributed by atoms with Crippen molar-refractivity contribution < 1.29 is 80.2 Å². The van der Waals surface area contributed by atoms with Crippen LogP contribution in [-0.2, 0) is 65.4 Å². The molecule has 0 saturated carbocycles. The smallest absolute Gasteiger partial charge is 0.462 e. The van der Waals surface area contributed by atoms with Crippen molar-refractivity contribution in [2.45, 2.75) is 310 Å². The van der Waals surface area contributed by atoms with Crippen LogP contribution in [0.1, 0.15) is 292 Å². The van der Waals surface area contributed by atoms with Gasteiger partial charge in [-0.2, -0.15) is 0 Å². The lowest BCUT2D eigenvalue weighted by Gasteiger charge is -2.21. The standard InChI is InChI=1S/C64H120O17P2/c1-7-10-12-14-15-16-17-18-19-20-21-22-30-36-42-48-63(68)81-60(53-75-62(67)47-41-35-29-26-24-28-34-39-45-57(6)9-3)55-79-83(72,73)77-51-58(65)50-76-82(70,71)78-54-59(52-74-61(66)46-40-32-13-11-8-2)80-64(69)49-43-37-31-25-23-27-33-38-44-56(4)5/h16-19,56-60,65H,7-15,20-55H2,1-6H3,(H,70,71)(H,72,73)/b17-16-,19-18-/t57?,58-,59+,60+/m0/s1. The zero-order chi connectivity index (χ0) is 61.5. The van der Waals surface area contributed by atoms with Gasteiger partial charge < -0.3 is 33.8 Å². The SMILES string of the molecule is CCCCCC/C=C\C=C/CCCCCCCC(=O)O[C@H](COC(=O)CCCCCCCCCCC(C)CC)COP(=O)(O)OC[C@@H](O)COP(=O)(O)OC[C@@H](COC(=O)CCCCCCC)OC(=O)CCCCCCCCCCC(C)C. The van der Waals surface area contributed by atoms with Crippen LogP contribution >= 0.6 is 15.6 Å². The van der Waals surface area contributed by atoms with Gasteiger partial charge in [0.2, 0.25) is 0 Å². The van der Waals surface area contributed by atoms with Gasteiger partial charge in [0.05, 0.1) is 26.4 Å². The number of esters is 4. The molecule has 0 fully saturated rings. The van der Waals surface area contributed by atoms with Gasteiger partial charge in [-0.05, 0) is 63.2 Å². The molecule has 0 aliphatic heterocycles. The molecule has 0 radical (unpaired) electrons. The van der Waals surface area contributed by atoms with Gasteiger partial charge in [-0.25, -0.2) is 9.13 Å². The first-order valence-electron chi connectivity index (χ1n) is 32.8. The molecule has 488 valence electrons. The normalized spacial score (nSPS) is 14.8. The molecule has 0 aromatic carbocycles. The fraction of sp³-hybridized carbons (Fsp3) is 0.875. The van der Waals surface area contributed by atoms with Crippen LogP contribution < -0.4 is 0 Å².